The molecule has 0 N–H and O–H groups in total. The van der Waals surface area contributed by atoms with Gasteiger partial charge in [-0.1, -0.05) is 12.1 Å². The van der Waals surface area contributed by atoms with Gasteiger partial charge in [-0.3, -0.25) is 4.79 Å². The Balaban J connectivity index is 1.71. The van der Waals surface area contributed by atoms with Crippen molar-refractivity contribution < 1.29 is 13.2 Å². The molecule has 3 rings (SSSR count). The zero-order valence-corrected chi connectivity index (χ0v) is 16.2. The van der Waals surface area contributed by atoms with Crippen LogP contribution in [0.5, 0.6) is 0 Å². The number of thiazole rings is 1. The number of aromatic nitrogens is 1. The summed E-state index contributed by atoms with van der Waals surface area (Å²) in [4.78, 5) is 19.6. The van der Waals surface area contributed by atoms with Crippen LogP contribution in [-0.4, -0.2) is 54.7 Å². The van der Waals surface area contributed by atoms with Crippen molar-refractivity contribution in [2.24, 2.45) is 0 Å². The van der Waals surface area contributed by atoms with Crippen molar-refractivity contribution in [3.8, 4) is 0 Å². The van der Waals surface area contributed by atoms with Crippen molar-refractivity contribution in [3.05, 3.63) is 45.4 Å². The van der Waals surface area contributed by atoms with Gasteiger partial charge < -0.3 is 4.90 Å². The van der Waals surface area contributed by atoms with Gasteiger partial charge in [-0.25, -0.2) is 13.4 Å². The summed E-state index contributed by atoms with van der Waals surface area (Å²) in [5.41, 5.74) is 1.65. The molecule has 1 aromatic carbocycles. The molecule has 1 aliphatic rings. The lowest BCUT2D eigenvalue weighted by Gasteiger charge is -2.33. The van der Waals surface area contributed by atoms with Gasteiger partial charge in [-0.05, 0) is 38.5 Å². The van der Waals surface area contributed by atoms with E-state index in [0.29, 0.717) is 36.0 Å². The third-order valence-electron chi connectivity index (χ3n) is 4.25. The Kier molecular flexibility index (Phi) is 4.95. The molecular formula is C17H21N3O3S2. The lowest BCUT2D eigenvalue weighted by Crippen LogP contribution is -2.50. The fourth-order valence-electron chi connectivity index (χ4n) is 2.93. The van der Waals surface area contributed by atoms with E-state index in [0.717, 1.165) is 16.3 Å². The van der Waals surface area contributed by atoms with Crippen LogP contribution in [0.3, 0.4) is 0 Å². The molecule has 1 aliphatic heterocycles. The Hall–Kier alpha value is -1.77. The third-order valence-corrected chi connectivity index (χ3v) is 7.21. The maximum atomic E-state index is 12.8. The Bertz CT molecular complexity index is 898. The van der Waals surface area contributed by atoms with E-state index in [9.17, 15) is 13.2 Å². The number of piperazine rings is 1. The number of carbonyl (C=O) groups is 1. The van der Waals surface area contributed by atoms with Crippen LogP contribution in [0, 0.1) is 20.8 Å². The Morgan fingerprint density at radius 3 is 2.36 bits per heavy atom. The molecule has 2 heterocycles. The van der Waals surface area contributed by atoms with E-state index in [-0.39, 0.29) is 5.91 Å². The lowest BCUT2D eigenvalue weighted by atomic mass is 10.2. The minimum Gasteiger partial charge on any atom is -0.335 e. The van der Waals surface area contributed by atoms with Crippen molar-refractivity contribution in [3.63, 3.8) is 0 Å². The molecule has 0 bridgehead atoms. The van der Waals surface area contributed by atoms with Crippen molar-refractivity contribution >= 4 is 27.3 Å². The summed E-state index contributed by atoms with van der Waals surface area (Å²) in [5.74, 6) is -0.0595. The summed E-state index contributed by atoms with van der Waals surface area (Å²) in [7, 11) is -3.52. The lowest BCUT2D eigenvalue weighted by molar-refractivity contribution is 0.0702. The van der Waals surface area contributed by atoms with Crippen LogP contribution in [0.15, 0.2) is 29.2 Å². The first-order valence-electron chi connectivity index (χ1n) is 8.09. The SMILES string of the molecule is Cc1cccc(S(=O)(=O)N2CCN(C(=O)c3sc(C)nc3C)CC2)c1. The number of hydrogen-bond acceptors (Lipinski definition) is 5. The van der Waals surface area contributed by atoms with Crippen molar-refractivity contribution in [1.29, 1.82) is 0 Å². The van der Waals surface area contributed by atoms with E-state index in [1.807, 2.05) is 26.8 Å². The fraction of sp³-hybridized carbons (Fsp3) is 0.412. The zero-order chi connectivity index (χ0) is 18.2. The monoisotopic (exact) mass is 379 g/mol. The van der Waals surface area contributed by atoms with Crippen LogP contribution >= 0.6 is 11.3 Å². The van der Waals surface area contributed by atoms with E-state index in [4.69, 9.17) is 0 Å². The van der Waals surface area contributed by atoms with Crippen molar-refractivity contribution in [2.45, 2.75) is 25.7 Å². The minimum atomic E-state index is -3.52. The molecule has 0 saturated carbocycles. The quantitative estimate of drug-likeness (QED) is 0.820. The van der Waals surface area contributed by atoms with Crippen LogP contribution < -0.4 is 0 Å². The molecule has 1 amide bonds. The normalized spacial score (nSPS) is 16.2. The van der Waals surface area contributed by atoms with Gasteiger partial charge >= 0.3 is 0 Å². The highest BCUT2D eigenvalue weighted by atomic mass is 32.2. The molecule has 134 valence electrons. The van der Waals surface area contributed by atoms with Gasteiger partial charge in [-0.2, -0.15) is 4.31 Å². The molecule has 1 saturated heterocycles. The number of benzene rings is 1. The second-order valence-electron chi connectivity index (χ2n) is 6.16. The molecule has 1 fully saturated rings. The van der Waals surface area contributed by atoms with Gasteiger partial charge in [0.2, 0.25) is 10.0 Å². The predicted octanol–water partition coefficient (Wildman–Crippen LogP) is 2.22. The van der Waals surface area contributed by atoms with Gasteiger partial charge in [0, 0.05) is 26.2 Å². The predicted molar refractivity (Wildman–Crippen MR) is 97.4 cm³/mol. The number of nitrogens with zero attached hydrogens (tertiary/aromatic N) is 3. The van der Waals surface area contributed by atoms with Crippen LogP contribution in [0.1, 0.15) is 25.9 Å². The molecule has 0 unspecified atom stereocenters. The smallest absolute Gasteiger partial charge is 0.265 e. The Labute approximate surface area is 152 Å². The van der Waals surface area contributed by atoms with Gasteiger partial charge in [0.1, 0.15) is 4.88 Å². The molecule has 8 heteroatoms. The first-order chi connectivity index (χ1) is 11.8. The Morgan fingerprint density at radius 1 is 1.12 bits per heavy atom. The molecule has 6 nitrogen and oxygen atoms in total. The third kappa shape index (κ3) is 3.61. The van der Waals surface area contributed by atoms with E-state index in [1.165, 1.54) is 15.6 Å². The summed E-state index contributed by atoms with van der Waals surface area (Å²) >= 11 is 1.39. The molecule has 0 radical (unpaired) electrons. The second-order valence-corrected chi connectivity index (χ2v) is 9.30. The van der Waals surface area contributed by atoms with Crippen LogP contribution in [0.4, 0.5) is 0 Å². The minimum absolute atomic E-state index is 0.0595. The first-order valence-corrected chi connectivity index (χ1v) is 10.3. The number of hydrogen-bond donors (Lipinski definition) is 0. The highest BCUT2D eigenvalue weighted by Gasteiger charge is 2.31. The number of rotatable bonds is 3. The molecule has 2 aromatic rings. The zero-order valence-electron chi connectivity index (χ0n) is 14.5. The molecule has 25 heavy (non-hydrogen) atoms. The van der Waals surface area contributed by atoms with Gasteiger partial charge in [0.05, 0.1) is 15.6 Å². The maximum absolute atomic E-state index is 12.8. The highest BCUT2D eigenvalue weighted by molar-refractivity contribution is 7.89. The van der Waals surface area contributed by atoms with Gasteiger partial charge in [0.15, 0.2) is 0 Å². The first kappa shape index (κ1) is 18.0. The van der Waals surface area contributed by atoms with E-state index < -0.39 is 10.0 Å². The van der Waals surface area contributed by atoms with Crippen LogP contribution in [0.25, 0.3) is 0 Å². The number of aryl methyl sites for hydroxylation is 3. The van der Waals surface area contributed by atoms with Crippen LogP contribution in [-0.2, 0) is 10.0 Å². The summed E-state index contributed by atoms with van der Waals surface area (Å²) in [5, 5.41) is 0.863. The second kappa shape index (κ2) is 6.86. The molecule has 0 atom stereocenters. The van der Waals surface area contributed by atoms with Gasteiger partial charge in [-0.15, -0.1) is 11.3 Å². The molecule has 0 spiro atoms. The van der Waals surface area contributed by atoms with E-state index in [2.05, 4.69) is 4.98 Å². The average Bonchev–Trinajstić information content (AvgIpc) is 2.92. The van der Waals surface area contributed by atoms with Crippen molar-refractivity contribution in [1.82, 2.24) is 14.2 Å². The average molecular weight is 380 g/mol. The molecule has 0 aliphatic carbocycles. The Morgan fingerprint density at radius 2 is 1.80 bits per heavy atom. The topological polar surface area (TPSA) is 70.6 Å². The molecule has 1 aromatic heterocycles. The summed E-state index contributed by atoms with van der Waals surface area (Å²) in [6.45, 7) is 6.96. The summed E-state index contributed by atoms with van der Waals surface area (Å²) < 4.78 is 27.0. The van der Waals surface area contributed by atoms with Gasteiger partial charge in [0.25, 0.3) is 5.91 Å². The fourth-order valence-corrected chi connectivity index (χ4v) is 5.35. The number of amides is 1. The van der Waals surface area contributed by atoms with E-state index >= 15 is 0 Å². The highest BCUT2D eigenvalue weighted by Crippen LogP contribution is 2.22. The summed E-state index contributed by atoms with van der Waals surface area (Å²) in [6, 6.07) is 6.91. The standard InChI is InChI=1S/C17H21N3O3S2/c1-12-5-4-6-15(11-12)25(22,23)20-9-7-19(8-10-20)17(21)16-13(2)18-14(3)24-16/h4-6,11H,7-10H2,1-3H3. The van der Waals surface area contributed by atoms with Crippen LogP contribution in [0.2, 0.25) is 0 Å². The number of sulfonamides is 1. The number of carbonyl (C=O) groups excluding carboxylic acids is 1. The van der Waals surface area contributed by atoms with Crippen molar-refractivity contribution in [2.75, 3.05) is 26.2 Å². The summed E-state index contributed by atoms with van der Waals surface area (Å²) in [6.07, 6.45) is 0. The molecular weight excluding hydrogens is 358 g/mol. The largest absolute Gasteiger partial charge is 0.335 e. The van der Waals surface area contributed by atoms with E-state index in [1.54, 1.807) is 23.1 Å². The maximum Gasteiger partial charge on any atom is 0.265 e.